The first-order chi connectivity index (χ1) is 5.54. The summed E-state index contributed by atoms with van der Waals surface area (Å²) in [6.45, 7) is 6.65. The molecule has 0 radical (unpaired) electrons. The predicted molar refractivity (Wildman–Crippen MR) is 60.0 cm³/mol. The molecule has 0 aliphatic heterocycles. The van der Waals surface area contributed by atoms with Gasteiger partial charge in [0.2, 0.25) is 0 Å². The minimum atomic E-state index is 0.250. The van der Waals surface area contributed by atoms with Crippen molar-refractivity contribution >= 4 is 22.5 Å². The molecule has 1 rings (SSSR count). The highest BCUT2D eigenvalue weighted by molar-refractivity contribution is 8.68. The Kier molecular flexibility index (Phi) is 3.13. The summed E-state index contributed by atoms with van der Waals surface area (Å²) >= 11 is 4.13. The first-order valence-corrected chi connectivity index (χ1v) is 5.83. The average molecular weight is 198 g/mol. The molecule has 0 nitrogen and oxygen atoms in total. The van der Waals surface area contributed by atoms with E-state index in [1.165, 1.54) is 21.3 Å². The minimum absolute atomic E-state index is 0.250. The van der Waals surface area contributed by atoms with Gasteiger partial charge in [-0.05, 0) is 23.1 Å². The van der Waals surface area contributed by atoms with Crippen LogP contribution in [0.1, 0.15) is 26.3 Å². The van der Waals surface area contributed by atoms with Gasteiger partial charge in [0.1, 0.15) is 0 Å². The summed E-state index contributed by atoms with van der Waals surface area (Å²) in [7, 11) is 1.48. The molecule has 0 fully saturated rings. The van der Waals surface area contributed by atoms with Crippen LogP contribution in [0.2, 0.25) is 0 Å². The lowest BCUT2D eigenvalue weighted by Gasteiger charge is -2.18. The van der Waals surface area contributed by atoms with Gasteiger partial charge < -0.3 is 0 Å². The number of hydrogen-bond acceptors (Lipinski definition) is 2. The molecule has 66 valence electrons. The van der Waals surface area contributed by atoms with E-state index >= 15 is 0 Å². The Morgan fingerprint density at radius 3 is 1.92 bits per heavy atom. The SMILES string of the molecule is CC(C)(C)c1ccc(SS)cc1. The van der Waals surface area contributed by atoms with Crippen LogP contribution in [0.15, 0.2) is 29.2 Å². The van der Waals surface area contributed by atoms with Crippen molar-refractivity contribution in [2.45, 2.75) is 31.1 Å². The first-order valence-electron chi connectivity index (χ1n) is 3.96. The lowest BCUT2D eigenvalue weighted by atomic mass is 9.87. The summed E-state index contributed by atoms with van der Waals surface area (Å²) in [5, 5.41) is 0. The van der Waals surface area contributed by atoms with Crippen LogP contribution in [-0.4, -0.2) is 0 Å². The van der Waals surface area contributed by atoms with E-state index in [0.29, 0.717) is 0 Å². The monoisotopic (exact) mass is 198 g/mol. The zero-order chi connectivity index (χ0) is 9.19. The lowest BCUT2D eigenvalue weighted by molar-refractivity contribution is 0.590. The highest BCUT2D eigenvalue weighted by Crippen LogP contribution is 2.26. The molecule has 0 heterocycles. The van der Waals surface area contributed by atoms with Crippen molar-refractivity contribution in [3.8, 4) is 0 Å². The molecule has 0 N–H and O–H groups in total. The van der Waals surface area contributed by atoms with E-state index in [9.17, 15) is 0 Å². The van der Waals surface area contributed by atoms with E-state index in [1.807, 2.05) is 0 Å². The van der Waals surface area contributed by atoms with Crippen molar-refractivity contribution < 1.29 is 0 Å². The largest absolute Gasteiger partial charge is 0.106 e. The summed E-state index contributed by atoms with van der Waals surface area (Å²) in [6.07, 6.45) is 0. The summed E-state index contributed by atoms with van der Waals surface area (Å²) in [5.41, 5.74) is 1.62. The predicted octanol–water partition coefficient (Wildman–Crippen LogP) is 3.92. The quantitative estimate of drug-likeness (QED) is 0.527. The molecule has 0 saturated carbocycles. The molecular weight excluding hydrogens is 184 g/mol. The molecule has 0 atom stereocenters. The Bertz CT molecular complexity index is 244. The molecule has 1 aromatic rings. The average Bonchev–Trinajstić information content (AvgIpc) is 2.03. The van der Waals surface area contributed by atoms with Crippen LogP contribution in [0.25, 0.3) is 0 Å². The van der Waals surface area contributed by atoms with Gasteiger partial charge in [-0.2, -0.15) is 0 Å². The van der Waals surface area contributed by atoms with Crippen molar-refractivity contribution in [2.24, 2.45) is 0 Å². The van der Waals surface area contributed by atoms with Gasteiger partial charge in [0, 0.05) is 4.90 Å². The third-order valence-electron chi connectivity index (χ3n) is 1.83. The van der Waals surface area contributed by atoms with E-state index in [0.717, 1.165) is 0 Å². The Hall–Kier alpha value is -0.0800. The fourth-order valence-electron chi connectivity index (χ4n) is 1.02. The molecule has 0 amide bonds. The standard InChI is InChI=1S/C10H14S2/c1-10(2,3)8-4-6-9(12-11)7-5-8/h4-7,11H,1-3H3. The Labute approximate surface area is 83.6 Å². The third kappa shape index (κ3) is 2.46. The molecule has 0 saturated heterocycles. The molecule has 0 spiro atoms. The summed E-state index contributed by atoms with van der Waals surface area (Å²) in [5.74, 6) is 0. The Morgan fingerprint density at radius 1 is 1.08 bits per heavy atom. The summed E-state index contributed by atoms with van der Waals surface area (Å²) in [4.78, 5) is 1.20. The normalized spacial score (nSPS) is 11.7. The first kappa shape index (κ1) is 10.0. The maximum atomic E-state index is 4.13. The summed E-state index contributed by atoms with van der Waals surface area (Å²) < 4.78 is 0. The van der Waals surface area contributed by atoms with Crippen LogP contribution in [0.3, 0.4) is 0 Å². The van der Waals surface area contributed by atoms with Crippen LogP contribution in [0, 0.1) is 0 Å². The highest BCUT2D eigenvalue weighted by Gasteiger charge is 2.12. The van der Waals surface area contributed by atoms with E-state index in [2.05, 4.69) is 56.7 Å². The van der Waals surface area contributed by atoms with Gasteiger partial charge >= 0.3 is 0 Å². The number of rotatable bonds is 1. The zero-order valence-corrected chi connectivity index (χ0v) is 9.38. The van der Waals surface area contributed by atoms with Gasteiger partial charge in [-0.15, -0.1) is 11.7 Å². The smallest absolute Gasteiger partial charge is 0.0180 e. The van der Waals surface area contributed by atoms with Gasteiger partial charge in [-0.3, -0.25) is 0 Å². The third-order valence-corrected chi connectivity index (χ3v) is 2.94. The molecule has 12 heavy (non-hydrogen) atoms. The van der Waals surface area contributed by atoms with Crippen molar-refractivity contribution in [2.75, 3.05) is 0 Å². The molecule has 2 heteroatoms. The molecule has 0 aliphatic rings. The van der Waals surface area contributed by atoms with E-state index < -0.39 is 0 Å². The van der Waals surface area contributed by atoms with Gasteiger partial charge in [0.25, 0.3) is 0 Å². The van der Waals surface area contributed by atoms with Crippen LogP contribution in [0.4, 0.5) is 0 Å². The fourth-order valence-corrected chi connectivity index (χ4v) is 1.64. The number of thiol groups is 1. The van der Waals surface area contributed by atoms with Gasteiger partial charge in [0.05, 0.1) is 0 Å². The molecule has 0 aliphatic carbocycles. The molecule has 0 bridgehead atoms. The molecular formula is C10H14S2. The highest BCUT2D eigenvalue weighted by atomic mass is 33.1. The topological polar surface area (TPSA) is 0 Å². The maximum Gasteiger partial charge on any atom is 0.0180 e. The second-order valence-electron chi connectivity index (χ2n) is 3.87. The fraction of sp³-hybridized carbons (Fsp3) is 0.400. The minimum Gasteiger partial charge on any atom is -0.106 e. The van der Waals surface area contributed by atoms with Gasteiger partial charge in [0.15, 0.2) is 0 Å². The number of benzene rings is 1. The lowest BCUT2D eigenvalue weighted by Crippen LogP contribution is -2.10. The van der Waals surface area contributed by atoms with Crippen LogP contribution in [-0.2, 0) is 5.41 Å². The second-order valence-corrected chi connectivity index (χ2v) is 5.07. The van der Waals surface area contributed by atoms with Crippen molar-refractivity contribution in [1.82, 2.24) is 0 Å². The van der Waals surface area contributed by atoms with Crippen molar-refractivity contribution in [1.29, 1.82) is 0 Å². The Morgan fingerprint density at radius 2 is 1.58 bits per heavy atom. The van der Waals surface area contributed by atoms with E-state index in [1.54, 1.807) is 0 Å². The van der Waals surface area contributed by atoms with Crippen molar-refractivity contribution in [3.05, 3.63) is 29.8 Å². The van der Waals surface area contributed by atoms with Crippen molar-refractivity contribution in [3.63, 3.8) is 0 Å². The van der Waals surface area contributed by atoms with Gasteiger partial charge in [-0.25, -0.2) is 0 Å². The van der Waals surface area contributed by atoms with Crippen LogP contribution >= 0.6 is 22.5 Å². The molecule has 0 aromatic heterocycles. The molecule has 1 aromatic carbocycles. The summed E-state index contributed by atoms with van der Waals surface area (Å²) in [6, 6.07) is 8.55. The van der Waals surface area contributed by atoms with Crippen LogP contribution < -0.4 is 0 Å². The number of hydrogen-bond donors (Lipinski definition) is 1. The van der Waals surface area contributed by atoms with Gasteiger partial charge in [-0.1, -0.05) is 43.7 Å². The zero-order valence-electron chi connectivity index (χ0n) is 7.66. The second kappa shape index (κ2) is 3.75. The van der Waals surface area contributed by atoms with Crippen LogP contribution in [0.5, 0.6) is 0 Å². The van der Waals surface area contributed by atoms with E-state index in [4.69, 9.17) is 0 Å². The Balaban J connectivity index is 2.93. The van der Waals surface area contributed by atoms with E-state index in [-0.39, 0.29) is 5.41 Å². The molecule has 0 unspecified atom stereocenters. The maximum absolute atomic E-state index is 4.13.